The summed E-state index contributed by atoms with van der Waals surface area (Å²) in [5.41, 5.74) is 1.85. The first kappa shape index (κ1) is 18.6. The maximum atomic E-state index is 12.8. The Bertz CT molecular complexity index is 801. The zero-order chi connectivity index (χ0) is 19.2. The van der Waals surface area contributed by atoms with Crippen LogP contribution in [0.3, 0.4) is 0 Å². The fourth-order valence-electron chi connectivity index (χ4n) is 2.86. The Morgan fingerprint density at radius 2 is 1.89 bits per heavy atom. The minimum atomic E-state index is -0.152. The normalized spacial score (nSPS) is 14.0. The molecule has 1 aliphatic heterocycles. The predicted molar refractivity (Wildman–Crippen MR) is 101 cm³/mol. The van der Waals surface area contributed by atoms with Crippen LogP contribution in [-0.4, -0.2) is 64.9 Å². The van der Waals surface area contributed by atoms with E-state index in [0.29, 0.717) is 50.1 Å². The molecule has 2 aromatic rings. The van der Waals surface area contributed by atoms with E-state index in [4.69, 9.17) is 4.74 Å². The molecular weight excluding hydrogens is 346 g/mol. The number of nitrogens with zero attached hydrogens (tertiary/aromatic N) is 4. The molecular formula is C19H23N5O3. The number of carbonyl (C=O) groups excluding carboxylic acids is 2. The van der Waals surface area contributed by atoms with Gasteiger partial charge < -0.3 is 19.9 Å². The van der Waals surface area contributed by atoms with E-state index in [2.05, 4.69) is 15.3 Å². The van der Waals surface area contributed by atoms with E-state index >= 15 is 0 Å². The second kappa shape index (κ2) is 8.48. The number of aromatic nitrogens is 2. The lowest BCUT2D eigenvalue weighted by molar-refractivity contribution is -0.119. The van der Waals surface area contributed by atoms with Gasteiger partial charge in [-0.2, -0.15) is 0 Å². The van der Waals surface area contributed by atoms with Gasteiger partial charge in [0.2, 0.25) is 12.4 Å². The minimum Gasteiger partial charge on any atom is -0.494 e. The Morgan fingerprint density at radius 1 is 1.19 bits per heavy atom. The number of nitrogens with one attached hydrogen (secondary N) is 1. The van der Waals surface area contributed by atoms with Crippen molar-refractivity contribution in [2.45, 2.75) is 13.8 Å². The number of hydrogen-bond donors (Lipinski definition) is 1. The highest BCUT2D eigenvalue weighted by molar-refractivity contribution is 5.93. The summed E-state index contributed by atoms with van der Waals surface area (Å²) in [4.78, 5) is 35.7. The van der Waals surface area contributed by atoms with Gasteiger partial charge in [-0.15, -0.1) is 0 Å². The van der Waals surface area contributed by atoms with Crippen molar-refractivity contribution in [3.8, 4) is 5.75 Å². The molecule has 0 unspecified atom stereocenters. The second-order valence-corrected chi connectivity index (χ2v) is 6.23. The molecule has 2 heterocycles. The summed E-state index contributed by atoms with van der Waals surface area (Å²) < 4.78 is 5.43. The standard InChI is InChI=1S/C19H23N5O3/c1-3-27-16-6-4-15(5-7-16)21-19-20-14(2)12-17(22-19)18(26)24-10-8-23(13-25)9-11-24/h4-7,12-13H,3,8-11H2,1-2H3,(H,20,21,22). The van der Waals surface area contributed by atoms with Crippen molar-refractivity contribution in [1.82, 2.24) is 19.8 Å². The van der Waals surface area contributed by atoms with Crippen LogP contribution in [0.5, 0.6) is 5.75 Å². The predicted octanol–water partition coefficient (Wildman–Crippen LogP) is 1.84. The summed E-state index contributed by atoms with van der Waals surface area (Å²) in [5.74, 6) is 1.01. The summed E-state index contributed by atoms with van der Waals surface area (Å²) in [6.07, 6.45) is 0.815. The lowest BCUT2D eigenvalue weighted by Crippen LogP contribution is -2.48. The van der Waals surface area contributed by atoms with Crippen molar-refractivity contribution in [1.29, 1.82) is 0 Å². The summed E-state index contributed by atoms with van der Waals surface area (Å²) in [6.45, 7) is 6.45. The fraction of sp³-hybridized carbons (Fsp3) is 0.368. The Morgan fingerprint density at radius 3 is 2.52 bits per heavy atom. The lowest BCUT2D eigenvalue weighted by Gasteiger charge is -2.32. The third kappa shape index (κ3) is 4.72. The van der Waals surface area contributed by atoms with E-state index in [0.717, 1.165) is 17.8 Å². The highest BCUT2D eigenvalue weighted by Crippen LogP contribution is 2.19. The molecule has 0 atom stereocenters. The number of aryl methyl sites for hydroxylation is 1. The van der Waals surface area contributed by atoms with Gasteiger partial charge in [-0.3, -0.25) is 9.59 Å². The molecule has 1 fully saturated rings. The summed E-state index contributed by atoms with van der Waals surface area (Å²) in [7, 11) is 0. The van der Waals surface area contributed by atoms with Gasteiger partial charge in [0.15, 0.2) is 0 Å². The third-order valence-corrected chi connectivity index (χ3v) is 4.25. The van der Waals surface area contributed by atoms with Crippen LogP contribution < -0.4 is 10.1 Å². The van der Waals surface area contributed by atoms with Crippen LogP contribution in [0.4, 0.5) is 11.6 Å². The Balaban J connectivity index is 1.72. The van der Waals surface area contributed by atoms with Crippen LogP contribution in [0.1, 0.15) is 23.1 Å². The van der Waals surface area contributed by atoms with Crippen LogP contribution >= 0.6 is 0 Å². The number of ether oxygens (including phenoxy) is 1. The molecule has 1 aromatic heterocycles. The third-order valence-electron chi connectivity index (χ3n) is 4.25. The molecule has 0 bridgehead atoms. The molecule has 1 aliphatic rings. The van der Waals surface area contributed by atoms with Gasteiger partial charge in [0, 0.05) is 37.6 Å². The SMILES string of the molecule is CCOc1ccc(Nc2nc(C)cc(C(=O)N3CCN(C=O)CC3)n2)cc1. The van der Waals surface area contributed by atoms with E-state index < -0.39 is 0 Å². The summed E-state index contributed by atoms with van der Waals surface area (Å²) in [6, 6.07) is 9.14. The summed E-state index contributed by atoms with van der Waals surface area (Å²) >= 11 is 0. The number of benzene rings is 1. The summed E-state index contributed by atoms with van der Waals surface area (Å²) in [5, 5.41) is 3.13. The second-order valence-electron chi connectivity index (χ2n) is 6.23. The zero-order valence-electron chi connectivity index (χ0n) is 15.5. The number of carbonyl (C=O) groups is 2. The lowest BCUT2D eigenvalue weighted by atomic mass is 10.2. The highest BCUT2D eigenvalue weighted by atomic mass is 16.5. The molecule has 0 saturated carbocycles. The first-order valence-corrected chi connectivity index (χ1v) is 8.93. The van der Waals surface area contributed by atoms with E-state index in [1.165, 1.54) is 0 Å². The molecule has 0 aliphatic carbocycles. The van der Waals surface area contributed by atoms with Crippen molar-refractivity contribution < 1.29 is 14.3 Å². The highest BCUT2D eigenvalue weighted by Gasteiger charge is 2.23. The molecule has 1 N–H and O–H groups in total. The molecule has 1 aromatic carbocycles. The van der Waals surface area contributed by atoms with Gasteiger partial charge >= 0.3 is 0 Å². The van der Waals surface area contributed by atoms with Crippen LogP contribution in [0.25, 0.3) is 0 Å². The van der Waals surface area contributed by atoms with Gasteiger partial charge in [0.05, 0.1) is 6.61 Å². The maximum Gasteiger partial charge on any atom is 0.272 e. The zero-order valence-corrected chi connectivity index (χ0v) is 15.5. The molecule has 3 rings (SSSR count). The topological polar surface area (TPSA) is 87.7 Å². The molecule has 27 heavy (non-hydrogen) atoms. The van der Waals surface area contributed by atoms with Crippen LogP contribution in [0.2, 0.25) is 0 Å². The molecule has 2 amide bonds. The van der Waals surface area contributed by atoms with Crippen molar-refractivity contribution in [3.63, 3.8) is 0 Å². The Labute approximate surface area is 158 Å². The van der Waals surface area contributed by atoms with Crippen molar-refractivity contribution in [3.05, 3.63) is 41.7 Å². The largest absolute Gasteiger partial charge is 0.494 e. The van der Waals surface area contributed by atoms with Gasteiger partial charge in [-0.05, 0) is 44.2 Å². The number of rotatable bonds is 6. The van der Waals surface area contributed by atoms with Gasteiger partial charge in [0.25, 0.3) is 5.91 Å². The number of piperazine rings is 1. The molecule has 1 saturated heterocycles. The monoisotopic (exact) mass is 369 g/mol. The Hall–Kier alpha value is -3.16. The minimum absolute atomic E-state index is 0.152. The van der Waals surface area contributed by atoms with E-state index in [1.807, 2.05) is 38.1 Å². The maximum absolute atomic E-state index is 12.8. The molecule has 0 radical (unpaired) electrons. The smallest absolute Gasteiger partial charge is 0.272 e. The first-order valence-electron chi connectivity index (χ1n) is 8.93. The van der Waals surface area contributed by atoms with Crippen LogP contribution in [0, 0.1) is 6.92 Å². The molecule has 0 spiro atoms. The average Bonchev–Trinajstić information content (AvgIpc) is 2.69. The Kier molecular flexibility index (Phi) is 5.85. The molecule has 8 heteroatoms. The van der Waals surface area contributed by atoms with Crippen LogP contribution in [0.15, 0.2) is 30.3 Å². The number of anilines is 2. The van der Waals surface area contributed by atoms with E-state index in [1.54, 1.807) is 15.9 Å². The van der Waals surface area contributed by atoms with Gasteiger partial charge in [0.1, 0.15) is 11.4 Å². The van der Waals surface area contributed by atoms with Gasteiger partial charge in [-0.25, -0.2) is 9.97 Å². The fourth-order valence-corrected chi connectivity index (χ4v) is 2.86. The van der Waals surface area contributed by atoms with Crippen molar-refractivity contribution >= 4 is 24.0 Å². The van der Waals surface area contributed by atoms with E-state index in [9.17, 15) is 9.59 Å². The van der Waals surface area contributed by atoms with E-state index in [-0.39, 0.29) is 5.91 Å². The number of amides is 2. The first-order chi connectivity index (χ1) is 13.1. The quantitative estimate of drug-likeness (QED) is 0.782. The van der Waals surface area contributed by atoms with Crippen molar-refractivity contribution in [2.75, 3.05) is 38.1 Å². The van der Waals surface area contributed by atoms with Crippen LogP contribution in [-0.2, 0) is 4.79 Å². The van der Waals surface area contributed by atoms with Crippen molar-refractivity contribution in [2.24, 2.45) is 0 Å². The number of hydrogen-bond acceptors (Lipinski definition) is 6. The average molecular weight is 369 g/mol. The van der Waals surface area contributed by atoms with Gasteiger partial charge in [-0.1, -0.05) is 0 Å². The molecule has 8 nitrogen and oxygen atoms in total. The molecule has 142 valence electrons.